The Bertz CT molecular complexity index is 1070. The molecule has 54 heavy (non-hydrogen) atoms. The van der Waals surface area contributed by atoms with Crippen LogP contribution in [0.4, 0.5) is 0 Å². The molecule has 0 radical (unpaired) electrons. The van der Waals surface area contributed by atoms with Gasteiger partial charge in [-0.3, -0.25) is 9.59 Å². The molecule has 0 aromatic carbocycles. The van der Waals surface area contributed by atoms with Crippen molar-refractivity contribution < 1.29 is 24.5 Å². The monoisotopic (exact) mass is 752 g/mol. The number of unbranched alkanes of at least 4 members (excludes halogenated alkanes) is 16. The number of aliphatic hydroxyl groups is 2. The second-order valence-corrected chi connectivity index (χ2v) is 14.5. The molecule has 6 heteroatoms. The van der Waals surface area contributed by atoms with E-state index in [0.717, 1.165) is 64.2 Å². The third-order valence-corrected chi connectivity index (χ3v) is 9.35. The van der Waals surface area contributed by atoms with Crippen molar-refractivity contribution in [3.05, 3.63) is 85.1 Å². The smallest absolute Gasteiger partial charge is 0.306 e. The lowest BCUT2D eigenvalue weighted by Gasteiger charge is -2.24. The molecule has 0 bridgehead atoms. The first-order valence-corrected chi connectivity index (χ1v) is 21.9. The van der Waals surface area contributed by atoms with Crippen LogP contribution in [0.15, 0.2) is 85.1 Å². The second-order valence-electron chi connectivity index (χ2n) is 14.5. The van der Waals surface area contributed by atoms with E-state index in [1.54, 1.807) is 0 Å². The van der Waals surface area contributed by atoms with Crippen molar-refractivity contribution in [1.29, 1.82) is 0 Å². The lowest BCUT2D eigenvalue weighted by molar-refractivity contribution is -0.150. The molecule has 0 aliphatic rings. The first-order valence-electron chi connectivity index (χ1n) is 21.9. The molecule has 0 aliphatic heterocycles. The summed E-state index contributed by atoms with van der Waals surface area (Å²) in [4.78, 5) is 25.9. The van der Waals surface area contributed by atoms with Crippen molar-refractivity contribution in [1.82, 2.24) is 5.32 Å². The summed E-state index contributed by atoms with van der Waals surface area (Å²) in [5.41, 5.74) is 0. The molecule has 0 saturated carbocycles. The minimum Gasteiger partial charge on any atom is -0.461 e. The van der Waals surface area contributed by atoms with E-state index in [0.29, 0.717) is 19.3 Å². The van der Waals surface area contributed by atoms with Crippen LogP contribution in [0, 0.1) is 0 Å². The van der Waals surface area contributed by atoms with Crippen molar-refractivity contribution in [2.45, 2.75) is 200 Å². The van der Waals surface area contributed by atoms with E-state index in [4.69, 9.17) is 4.74 Å². The van der Waals surface area contributed by atoms with Gasteiger partial charge in [-0.15, -0.1) is 0 Å². The summed E-state index contributed by atoms with van der Waals surface area (Å²) in [6.45, 7) is 6.15. The molecular weight excluding hydrogens is 671 g/mol. The van der Waals surface area contributed by atoms with Crippen LogP contribution in [0.2, 0.25) is 0 Å². The third-order valence-electron chi connectivity index (χ3n) is 9.35. The average Bonchev–Trinajstić information content (AvgIpc) is 3.16. The Morgan fingerprint density at radius 3 is 1.70 bits per heavy atom. The number of carbonyl (C=O) groups is 2. The number of esters is 1. The molecule has 1 amide bonds. The number of aliphatic hydroxyl groups excluding tert-OH is 2. The highest BCUT2D eigenvalue weighted by molar-refractivity contribution is 5.77. The van der Waals surface area contributed by atoms with Gasteiger partial charge < -0.3 is 20.3 Å². The molecule has 308 valence electrons. The van der Waals surface area contributed by atoms with Gasteiger partial charge in [0.15, 0.2) is 0 Å². The summed E-state index contributed by atoms with van der Waals surface area (Å²) in [5, 5.41) is 23.5. The second kappa shape index (κ2) is 41.2. The number of carbonyl (C=O) groups excluding carboxylic acids is 2. The maximum Gasteiger partial charge on any atom is 0.306 e. The van der Waals surface area contributed by atoms with Crippen molar-refractivity contribution in [2.24, 2.45) is 0 Å². The fraction of sp³-hybridized carbons (Fsp3) is 0.667. The third kappa shape index (κ3) is 36.0. The quantitative estimate of drug-likeness (QED) is 0.0254. The Morgan fingerprint density at radius 2 is 1.11 bits per heavy atom. The molecule has 0 rings (SSSR count). The Morgan fingerprint density at radius 1 is 0.593 bits per heavy atom. The van der Waals surface area contributed by atoms with Crippen LogP contribution >= 0.6 is 0 Å². The van der Waals surface area contributed by atoms with Crippen LogP contribution in [0.3, 0.4) is 0 Å². The number of nitrogens with one attached hydrogen (secondary N) is 1. The van der Waals surface area contributed by atoms with Crippen molar-refractivity contribution >= 4 is 11.9 Å². The molecule has 0 spiro atoms. The van der Waals surface area contributed by atoms with Crippen LogP contribution in [0.1, 0.15) is 181 Å². The standard InChI is InChI=1S/C48H81NO5/c1-4-7-10-13-16-19-22-23-24-26-29-32-35-38-41-48(53)54-44(39-36-33-30-27-25-20-17-14-11-8-5-2)42-47(52)49-45(43-50)46(51)40-37-34-31-28-21-18-15-12-9-6-3/h7-8,10-11,14,16-17,19-20,25,27,30,33,36,44-46,50-51H,4-6,9,12-13,15,18,21-24,26,28-29,31-32,34-35,37-43H2,1-3H3,(H,49,52)/b10-7+,11-8+,17-14+,19-16+,25-20-,30-27-,36-33+. The van der Waals surface area contributed by atoms with Gasteiger partial charge in [-0.2, -0.15) is 0 Å². The van der Waals surface area contributed by atoms with Crippen molar-refractivity contribution in [3.8, 4) is 0 Å². The Hall–Kier alpha value is -2.96. The number of amides is 1. The van der Waals surface area contributed by atoms with Gasteiger partial charge in [0.25, 0.3) is 0 Å². The predicted molar refractivity (Wildman–Crippen MR) is 231 cm³/mol. The topological polar surface area (TPSA) is 95.9 Å². The summed E-state index contributed by atoms with van der Waals surface area (Å²) in [6, 6.07) is -0.742. The van der Waals surface area contributed by atoms with Gasteiger partial charge in [0, 0.05) is 12.8 Å². The van der Waals surface area contributed by atoms with Crippen LogP contribution in [0.25, 0.3) is 0 Å². The van der Waals surface area contributed by atoms with Crippen molar-refractivity contribution in [2.75, 3.05) is 6.61 Å². The van der Waals surface area contributed by atoms with Gasteiger partial charge in [-0.05, 0) is 44.9 Å². The highest BCUT2D eigenvalue weighted by Gasteiger charge is 2.23. The van der Waals surface area contributed by atoms with Gasteiger partial charge >= 0.3 is 5.97 Å². The summed E-state index contributed by atoms with van der Waals surface area (Å²) < 4.78 is 5.80. The van der Waals surface area contributed by atoms with Crippen LogP contribution in [0.5, 0.6) is 0 Å². The first-order chi connectivity index (χ1) is 26.5. The molecule has 0 saturated heterocycles. The molecule has 0 aliphatic carbocycles. The maximum atomic E-state index is 13.1. The number of hydrogen-bond donors (Lipinski definition) is 3. The van der Waals surface area contributed by atoms with Crippen LogP contribution < -0.4 is 5.32 Å². The maximum absolute atomic E-state index is 13.1. The Balaban J connectivity index is 4.76. The Labute approximate surface area is 332 Å². The van der Waals surface area contributed by atoms with Crippen LogP contribution in [-0.4, -0.2) is 46.9 Å². The fourth-order valence-electron chi connectivity index (χ4n) is 6.08. The minimum absolute atomic E-state index is 0.0259. The van der Waals surface area contributed by atoms with E-state index in [1.165, 1.54) is 70.6 Å². The summed E-state index contributed by atoms with van der Waals surface area (Å²) in [6.07, 6.45) is 52.4. The van der Waals surface area contributed by atoms with E-state index < -0.39 is 18.2 Å². The average molecular weight is 752 g/mol. The van der Waals surface area contributed by atoms with Gasteiger partial charge in [0.1, 0.15) is 6.10 Å². The molecule has 0 heterocycles. The van der Waals surface area contributed by atoms with Gasteiger partial charge in [-0.25, -0.2) is 0 Å². The lowest BCUT2D eigenvalue weighted by atomic mass is 10.0. The molecule has 3 N–H and O–H groups in total. The molecule has 3 atom stereocenters. The number of rotatable bonds is 37. The van der Waals surface area contributed by atoms with Gasteiger partial charge in [0.05, 0.1) is 25.2 Å². The summed E-state index contributed by atoms with van der Waals surface area (Å²) >= 11 is 0. The molecule has 0 aromatic heterocycles. The van der Waals surface area contributed by atoms with E-state index in [-0.39, 0.29) is 24.9 Å². The molecule has 6 nitrogen and oxygen atoms in total. The van der Waals surface area contributed by atoms with E-state index in [9.17, 15) is 19.8 Å². The van der Waals surface area contributed by atoms with E-state index in [2.05, 4.69) is 56.5 Å². The predicted octanol–water partition coefficient (Wildman–Crippen LogP) is 12.4. The first kappa shape index (κ1) is 51.0. The summed E-state index contributed by atoms with van der Waals surface area (Å²) in [5.74, 6) is -0.627. The molecule has 0 fully saturated rings. The Kier molecular flexibility index (Phi) is 38.9. The highest BCUT2D eigenvalue weighted by Crippen LogP contribution is 2.15. The number of allylic oxidation sites excluding steroid dienone is 13. The zero-order valence-electron chi connectivity index (χ0n) is 34.8. The zero-order chi connectivity index (χ0) is 39.6. The lowest BCUT2D eigenvalue weighted by Crippen LogP contribution is -2.46. The van der Waals surface area contributed by atoms with Gasteiger partial charge in [0.2, 0.25) is 5.91 Å². The number of hydrogen-bond acceptors (Lipinski definition) is 5. The normalized spacial score (nSPS) is 14.2. The minimum atomic E-state index is -0.820. The van der Waals surface area contributed by atoms with Crippen LogP contribution in [-0.2, 0) is 14.3 Å². The number of ether oxygens (including phenoxy) is 1. The fourth-order valence-corrected chi connectivity index (χ4v) is 6.08. The highest BCUT2D eigenvalue weighted by atomic mass is 16.5. The van der Waals surface area contributed by atoms with E-state index in [1.807, 2.05) is 54.7 Å². The van der Waals surface area contributed by atoms with Crippen molar-refractivity contribution in [3.63, 3.8) is 0 Å². The molecular formula is C48H81NO5. The largest absolute Gasteiger partial charge is 0.461 e. The summed E-state index contributed by atoms with van der Waals surface area (Å²) in [7, 11) is 0. The molecule has 3 unspecified atom stereocenters. The van der Waals surface area contributed by atoms with Gasteiger partial charge in [-0.1, -0.05) is 202 Å². The SMILES string of the molecule is CC/C=C/C=C/C=C\C=C/C=C/CC(CC(=O)NC(CO)C(O)CCCCCCCCCCCC)OC(=O)CCCCCCCCC/C=C/C/C=C/CC. The van der Waals surface area contributed by atoms with E-state index >= 15 is 0 Å². The zero-order valence-corrected chi connectivity index (χ0v) is 34.8. The molecule has 0 aromatic rings.